The number of hydrogen-bond acceptors (Lipinski definition) is 6. The van der Waals surface area contributed by atoms with Gasteiger partial charge in [-0.05, 0) is 49.2 Å². The molecule has 0 aliphatic rings. The van der Waals surface area contributed by atoms with Gasteiger partial charge < -0.3 is 9.26 Å². The Labute approximate surface area is 168 Å². The van der Waals surface area contributed by atoms with Crippen molar-refractivity contribution < 1.29 is 17.7 Å². The fourth-order valence-corrected chi connectivity index (χ4v) is 4.40. The first-order valence-corrected chi connectivity index (χ1v) is 10.2. The Morgan fingerprint density at radius 2 is 1.89 bits per heavy atom. The molecule has 0 unspecified atom stereocenters. The van der Waals surface area contributed by atoms with Crippen molar-refractivity contribution in [2.45, 2.75) is 25.3 Å². The molecule has 0 N–H and O–H groups in total. The van der Waals surface area contributed by atoms with Crippen molar-refractivity contribution in [3.8, 4) is 17.1 Å². The fraction of sp³-hybridized carbons (Fsp3) is 0.263. The molecule has 148 valence electrons. The van der Waals surface area contributed by atoms with Gasteiger partial charge in [0.15, 0.2) is 0 Å². The van der Waals surface area contributed by atoms with Gasteiger partial charge in [0.2, 0.25) is 21.7 Å². The van der Waals surface area contributed by atoms with Crippen molar-refractivity contribution in [2.24, 2.45) is 0 Å². The Morgan fingerprint density at radius 3 is 2.57 bits per heavy atom. The Bertz CT molecular complexity index is 1110. The first-order valence-electron chi connectivity index (χ1n) is 8.43. The van der Waals surface area contributed by atoms with E-state index in [1.54, 1.807) is 51.3 Å². The van der Waals surface area contributed by atoms with Crippen LogP contribution >= 0.6 is 11.6 Å². The van der Waals surface area contributed by atoms with Gasteiger partial charge in [0.25, 0.3) is 0 Å². The quantitative estimate of drug-likeness (QED) is 0.601. The van der Waals surface area contributed by atoms with Crippen LogP contribution in [0.15, 0.2) is 45.8 Å². The monoisotopic (exact) mass is 421 g/mol. The molecular weight excluding hydrogens is 402 g/mol. The van der Waals surface area contributed by atoms with E-state index < -0.39 is 10.0 Å². The largest absolute Gasteiger partial charge is 0.496 e. The van der Waals surface area contributed by atoms with Crippen molar-refractivity contribution in [1.82, 2.24) is 14.4 Å². The third kappa shape index (κ3) is 3.89. The average Bonchev–Trinajstić information content (AvgIpc) is 3.11. The third-order valence-electron chi connectivity index (χ3n) is 4.32. The van der Waals surface area contributed by atoms with E-state index in [4.69, 9.17) is 20.9 Å². The van der Waals surface area contributed by atoms with Crippen LogP contribution < -0.4 is 4.74 Å². The lowest BCUT2D eigenvalue weighted by Gasteiger charge is -2.18. The Balaban J connectivity index is 1.86. The summed E-state index contributed by atoms with van der Waals surface area (Å²) in [4.78, 5) is 4.48. The number of hydrogen-bond donors (Lipinski definition) is 0. The highest BCUT2D eigenvalue weighted by Gasteiger charge is 2.26. The summed E-state index contributed by atoms with van der Waals surface area (Å²) in [6.45, 7) is 3.46. The number of rotatable bonds is 6. The number of benzene rings is 2. The van der Waals surface area contributed by atoms with E-state index >= 15 is 0 Å². The molecule has 2 aromatic carbocycles. The van der Waals surface area contributed by atoms with E-state index in [2.05, 4.69) is 10.1 Å². The van der Waals surface area contributed by atoms with Gasteiger partial charge in [0.05, 0.1) is 23.6 Å². The van der Waals surface area contributed by atoms with Crippen LogP contribution in [0.2, 0.25) is 5.02 Å². The highest BCUT2D eigenvalue weighted by Crippen LogP contribution is 2.28. The molecule has 1 heterocycles. The summed E-state index contributed by atoms with van der Waals surface area (Å²) in [6, 6.07) is 10.4. The molecule has 0 saturated carbocycles. The lowest BCUT2D eigenvalue weighted by Crippen LogP contribution is -2.27. The minimum Gasteiger partial charge on any atom is -0.496 e. The molecule has 0 amide bonds. The fourth-order valence-electron chi connectivity index (χ4n) is 2.78. The van der Waals surface area contributed by atoms with Crippen molar-refractivity contribution in [1.29, 1.82) is 0 Å². The van der Waals surface area contributed by atoms with Gasteiger partial charge in [0.1, 0.15) is 5.75 Å². The maximum Gasteiger partial charge on any atom is 0.243 e. The molecule has 3 rings (SSSR count). The molecular formula is C19H20ClN3O4S. The zero-order valence-electron chi connectivity index (χ0n) is 15.9. The maximum atomic E-state index is 13.0. The topological polar surface area (TPSA) is 85.5 Å². The van der Waals surface area contributed by atoms with Gasteiger partial charge in [0, 0.05) is 12.6 Å². The molecule has 0 spiro atoms. The Morgan fingerprint density at radius 1 is 1.18 bits per heavy atom. The minimum atomic E-state index is -3.75. The number of ether oxygens (including phenoxy) is 1. The molecule has 0 saturated heterocycles. The predicted octanol–water partition coefficient (Wildman–Crippen LogP) is 3.84. The van der Waals surface area contributed by atoms with Crippen LogP contribution in [0, 0.1) is 13.8 Å². The van der Waals surface area contributed by atoms with Crippen LogP contribution in [-0.2, 0) is 16.6 Å². The summed E-state index contributed by atoms with van der Waals surface area (Å²) in [5.41, 5.74) is 1.95. The number of sulfonamides is 1. The SMILES string of the molecule is COc1cc(C)c(S(=O)(=O)N(C)Cc2nc(-c3ccccc3Cl)no2)cc1C. The first-order chi connectivity index (χ1) is 13.2. The standard InChI is InChI=1S/C19H20ClN3O4S/c1-12-10-17(13(2)9-16(12)26-4)28(24,25)23(3)11-18-21-19(22-27-18)14-7-5-6-8-15(14)20/h5-10H,11H2,1-4H3. The molecule has 3 aromatic rings. The van der Waals surface area contributed by atoms with Gasteiger partial charge in [-0.3, -0.25) is 0 Å². The van der Waals surface area contributed by atoms with E-state index in [0.29, 0.717) is 27.7 Å². The van der Waals surface area contributed by atoms with Crippen LogP contribution in [0.3, 0.4) is 0 Å². The molecule has 28 heavy (non-hydrogen) atoms. The second-order valence-corrected chi connectivity index (χ2v) is 8.76. The Hall–Kier alpha value is -2.42. The van der Waals surface area contributed by atoms with Crippen LogP contribution in [-0.4, -0.2) is 37.0 Å². The van der Waals surface area contributed by atoms with Crippen molar-refractivity contribution >= 4 is 21.6 Å². The molecule has 0 fully saturated rings. The highest BCUT2D eigenvalue weighted by molar-refractivity contribution is 7.89. The number of nitrogens with zero attached hydrogens (tertiary/aromatic N) is 3. The lowest BCUT2D eigenvalue weighted by molar-refractivity contribution is 0.336. The van der Waals surface area contributed by atoms with Gasteiger partial charge in [-0.15, -0.1) is 0 Å². The summed E-state index contributed by atoms with van der Waals surface area (Å²) in [5, 5.41) is 4.39. The van der Waals surface area contributed by atoms with Crippen LogP contribution in [0.25, 0.3) is 11.4 Å². The normalized spacial score (nSPS) is 11.8. The summed E-state index contributed by atoms with van der Waals surface area (Å²) in [5.74, 6) is 1.12. The van der Waals surface area contributed by atoms with E-state index in [0.717, 1.165) is 5.56 Å². The van der Waals surface area contributed by atoms with Crippen LogP contribution in [0.5, 0.6) is 5.75 Å². The summed E-state index contributed by atoms with van der Waals surface area (Å²) in [7, 11) is -0.739. The molecule has 0 bridgehead atoms. The lowest BCUT2D eigenvalue weighted by atomic mass is 10.1. The first kappa shape index (κ1) is 20.3. The zero-order valence-corrected chi connectivity index (χ0v) is 17.5. The smallest absolute Gasteiger partial charge is 0.243 e. The highest BCUT2D eigenvalue weighted by atomic mass is 35.5. The minimum absolute atomic E-state index is 0.0652. The summed E-state index contributed by atoms with van der Waals surface area (Å²) in [6.07, 6.45) is 0. The van der Waals surface area contributed by atoms with Gasteiger partial charge in [-0.25, -0.2) is 8.42 Å². The number of aryl methyl sites for hydroxylation is 2. The third-order valence-corrected chi connectivity index (χ3v) is 6.60. The molecule has 1 aromatic heterocycles. The number of halogens is 1. The van der Waals surface area contributed by atoms with Gasteiger partial charge in [-0.2, -0.15) is 9.29 Å². The number of aromatic nitrogens is 2. The summed E-state index contributed by atoms with van der Waals surface area (Å²) < 4.78 is 37.7. The molecule has 0 atom stereocenters. The van der Waals surface area contributed by atoms with E-state index in [-0.39, 0.29) is 17.3 Å². The van der Waals surface area contributed by atoms with Crippen LogP contribution in [0.4, 0.5) is 0 Å². The van der Waals surface area contributed by atoms with Crippen molar-refractivity contribution in [3.05, 3.63) is 58.4 Å². The maximum absolute atomic E-state index is 13.0. The van der Waals surface area contributed by atoms with Crippen molar-refractivity contribution in [2.75, 3.05) is 14.2 Å². The molecule has 0 aliphatic heterocycles. The van der Waals surface area contributed by atoms with E-state index in [1.807, 2.05) is 6.07 Å². The molecule has 7 nitrogen and oxygen atoms in total. The van der Waals surface area contributed by atoms with Crippen LogP contribution in [0.1, 0.15) is 17.0 Å². The zero-order chi connectivity index (χ0) is 20.5. The average molecular weight is 422 g/mol. The van der Waals surface area contributed by atoms with Gasteiger partial charge >= 0.3 is 0 Å². The molecule has 9 heteroatoms. The van der Waals surface area contributed by atoms with E-state index in [9.17, 15) is 8.42 Å². The van der Waals surface area contributed by atoms with Gasteiger partial charge in [-0.1, -0.05) is 28.9 Å². The number of methoxy groups -OCH3 is 1. The summed E-state index contributed by atoms with van der Waals surface area (Å²) >= 11 is 6.15. The predicted molar refractivity (Wildman–Crippen MR) is 106 cm³/mol. The van der Waals surface area contributed by atoms with E-state index in [1.165, 1.54) is 11.4 Å². The molecule has 0 radical (unpaired) electrons. The Kier molecular flexibility index (Phi) is 5.74. The molecule has 0 aliphatic carbocycles. The second-order valence-electron chi connectivity index (χ2n) is 6.34. The van der Waals surface area contributed by atoms with Crippen molar-refractivity contribution in [3.63, 3.8) is 0 Å². The second kappa shape index (κ2) is 7.90.